The first-order valence-corrected chi connectivity index (χ1v) is 9.07. The summed E-state index contributed by atoms with van der Waals surface area (Å²) in [5, 5.41) is 4.82. The van der Waals surface area contributed by atoms with Crippen molar-refractivity contribution in [2.24, 2.45) is 5.92 Å². The molecule has 2 aliphatic carbocycles. The molecule has 1 unspecified atom stereocenters. The molecule has 3 rings (SSSR count). The fraction of sp³-hybridized carbons (Fsp3) is 0.647. The van der Waals surface area contributed by atoms with Crippen molar-refractivity contribution in [3.63, 3.8) is 0 Å². The second-order valence-electron chi connectivity index (χ2n) is 6.52. The minimum atomic E-state index is -0.353. The maximum Gasteiger partial charge on any atom is 0.339 e. The highest BCUT2D eigenvalue weighted by molar-refractivity contribution is 7.10. The summed E-state index contributed by atoms with van der Waals surface area (Å²) in [6.45, 7) is 2.07. The lowest BCUT2D eigenvalue weighted by molar-refractivity contribution is -0.124. The number of amides is 1. The predicted molar refractivity (Wildman–Crippen MR) is 86.2 cm³/mol. The molecule has 1 atom stereocenters. The lowest BCUT2D eigenvalue weighted by Gasteiger charge is -2.18. The van der Waals surface area contributed by atoms with Crippen LogP contribution >= 0.6 is 11.3 Å². The first-order valence-electron chi connectivity index (χ1n) is 8.19. The van der Waals surface area contributed by atoms with Gasteiger partial charge < -0.3 is 10.1 Å². The Morgan fingerprint density at radius 1 is 1.32 bits per heavy atom. The highest BCUT2D eigenvalue weighted by Crippen LogP contribution is 2.33. The molecule has 5 heteroatoms. The van der Waals surface area contributed by atoms with Crippen LogP contribution in [0.2, 0.25) is 0 Å². The molecule has 0 aromatic carbocycles. The van der Waals surface area contributed by atoms with E-state index in [2.05, 4.69) is 12.2 Å². The van der Waals surface area contributed by atoms with Gasteiger partial charge >= 0.3 is 5.97 Å². The number of rotatable bonds is 4. The van der Waals surface area contributed by atoms with Crippen molar-refractivity contribution in [3.8, 4) is 0 Å². The van der Waals surface area contributed by atoms with E-state index in [0.717, 1.165) is 37.7 Å². The maximum atomic E-state index is 12.2. The SMILES string of the molecule is CC1CCc2c(C(=O)OCC(=O)NC3CCCC3)csc2C1. The van der Waals surface area contributed by atoms with Gasteiger partial charge in [-0.2, -0.15) is 0 Å². The molecule has 120 valence electrons. The molecule has 2 aliphatic rings. The van der Waals surface area contributed by atoms with Crippen molar-refractivity contribution in [2.45, 2.75) is 57.9 Å². The third-order valence-corrected chi connectivity index (χ3v) is 5.73. The molecule has 0 bridgehead atoms. The maximum absolute atomic E-state index is 12.2. The Morgan fingerprint density at radius 3 is 2.86 bits per heavy atom. The minimum Gasteiger partial charge on any atom is -0.452 e. The lowest BCUT2D eigenvalue weighted by atomic mass is 9.88. The van der Waals surface area contributed by atoms with Crippen molar-refractivity contribution in [1.29, 1.82) is 0 Å². The molecule has 1 aromatic rings. The molecule has 1 aromatic heterocycles. The van der Waals surface area contributed by atoms with Crippen molar-refractivity contribution < 1.29 is 14.3 Å². The summed E-state index contributed by atoms with van der Waals surface area (Å²) in [7, 11) is 0. The molecule has 0 saturated heterocycles. The fourth-order valence-corrected chi connectivity index (χ4v) is 4.63. The van der Waals surface area contributed by atoms with E-state index in [0.29, 0.717) is 11.5 Å². The largest absolute Gasteiger partial charge is 0.452 e. The van der Waals surface area contributed by atoms with E-state index in [9.17, 15) is 9.59 Å². The standard InChI is InChI=1S/C17H23NO3S/c1-11-6-7-13-14(10-22-15(13)8-11)17(20)21-9-16(19)18-12-4-2-3-5-12/h10-12H,2-9H2,1H3,(H,18,19). The topological polar surface area (TPSA) is 55.4 Å². The molecule has 1 saturated carbocycles. The number of hydrogen-bond acceptors (Lipinski definition) is 4. The number of carbonyl (C=O) groups excluding carboxylic acids is 2. The lowest BCUT2D eigenvalue weighted by Crippen LogP contribution is -2.36. The minimum absolute atomic E-state index is 0.170. The quantitative estimate of drug-likeness (QED) is 0.867. The molecule has 1 fully saturated rings. The molecule has 1 heterocycles. The highest BCUT2D eigenvalue weighted by atomic mass is 32.1. The van der Waals surface area contributed by atoms with Crippen LogP contribution in [0.25, 0.3) is 0 Å². The zero-order chi connectivity index (χ0) is 15.5. The van der Waals surface area contributed by atoms with E-state index in [1.54, 1.807) is 11.3 Å². The Kier molecular flexibility index (Phi) is 4.81. The Bertz CT molecular complexity index is 560. The van der Waals surface area contributed by atoms with E-state index in [-0.39, 0.29) is 24.5 Å². The zero-order valence-corrected chi connectivity index (χ0v) is 13.8. The Labute approximate surface area is 135 Å². The van der Waals surface area contributed by atoms with Crippen molar-refractivity contribution in [2.75, 3.05) is 6.61 Å². The van der Waals surface area contributed by atoms with Gasteiger partial charge in [-0.25, -0.2) is 4.79 Å². The molecule has 0 aliphatic heterocycles. The van der Waals surface area contributed by atoms with E-state index in [1.807, 2.05) is 5.38 Å². The monoisotopic (exact) mass is 321 g/mol. The van der Waals surface area contributed by atoms with Gasteiger partial charge in [0.1, 0.15) is 0 Å². The summed E-state index contributed by atoms with van der Waals surface area (Å²) in [6, 6.07) is 0.265. The third-order valence-electron chi connectivity index (χ3n) is 4.68. The Morgan fingerprint density at radius 2 is 2.09 bits per heavy atom. The van der Waals surface area contributed by atoms with Crippen molar-refractivity contribution in [1.82, 2.24) is 5.32 Å². The summed E-state index contributed by atoms with van der Waals surface area (Å²) in [5.74, 6) is 0.152. The fourth-order valence-electron chi connectivity index (χ4n) is 3.40. The molecule has 4 nitrogen and oxygen atoms in total. The second-order valence-corrected chi connectivity index (χ2v) is 7.49. The van der Waals surface area contributed by atoms with Gasteiger partial charge in [-0.05, 0) is 43.6 Å². The average Bonchev–Trinajstić information content (AvgIpc) is 3.13. The summed E-state index contributed by atoms with van der Waals surface area (Å²) in [4.78, 5) is 25.3. The summed E-state index contributed by atoms with van der Waals surface area (Å²) in [5.41, 5.74) is 1.81. The van der Waals surface area contributed by atoms with Gasteiger partial charge in [0.25, 0.3) is 5.91 Å². The molecule has 22 heavy (non-hydrogen) atoms. The van der Waals surface area contributed by atoms with Gasteiger partial charge in [0.2, 0.25) is 0 Å². The zero-order valence-electron chi connectivity index (χ0n) is 13.0. The number of ether oxygens (including phenoxy) is 1. The second kappa shape index (κ2) is 6.82. The number of thiophene rings is 1. The molecular weight excluding hydrogens is 298 g/mol. The molecule has 0 spiro atoms. The number of nitrogens with one attached hydrogen (secondary N) is 1. The van der Waals surface area contributed by atoms with Crippen LogP contribution in [-0.2, 0) is 22.4 Å². The number of carbonyl (C=O) groups is 2. The van der Waals surface area contributed by atoms with Crippen LogP contribution in [0, 0.1) is 5.92 Å². The predicted octanol–water partition coefficient (Wildman–Crippen LogP) is 3.09. The molecule has 1 amide bonds. The third kappa shape index (κ3) is 3.51. The van der Waals surface area contributed by atoms with E-state index < -0.39 is 0 Å². The van der Waals surface area contributed by atoms with Crippen LogP contribution < -0.4 is 5.32 Å². The number of fused-ring (bicyclic) bond motifs is 1. The van der Waals surface area contributed by atoms with Crippen molar-refractivity contribution >= 4 is 23.2 Å². The van der Waals surface area contributed by atoms with Crippen LogP contribution in [0.15, 0.2) is 5.38 Å². The molecule has 0 radical (unpaired) electrons. The smallest absolute Gasteiger partial charge is 0.339 e. The van der Waals surface area contributed by atoms with Crippen LogP contribution in [0.4, 0.5) is 0 Å². The highest BCUT2D eigenvalue weighted by Gasteiger charge is 2.24. The number of esters is 1. The first-order chi connectivity index (χ1) is 10.6. The molecule has 1 N–H and O–H groups in total. The summed E-state index contributed by atoms with van der Waals surface area (Å²) in [6.07, 6.45) is 7.53. The van der Waals surface area contributed by atoms with Crippen LogP contribution in [-0.4, -0.2) is 24.5 Å². The Hall–Kier alpha value is -1.36. The van der Waals surface area contributed by atoms with Crippen LogP contribution in [0.1, 0.15) is 59.8 Å². The van der Waals surface area contributed by atoms with Gasteiger partial charge in [0, 0.05) is 16.3 Å². The summed E-state index contributed by atoms with van der Waals surface area (Å²) >= 11 is 1.64. The van der Waals surface area contributed by atoms with Crippen LogP contribution in [0.5, 0.6) is 0 Å². The van der Waals surface area contributed by atoms with Gasteiger partial charge in [-0.15, -0.1) is 11.3 Å². The van der Waals surface area contributed by atoms with Gasteiger partial charge in [-0.3, -0.25) is 4.79 Å². The van der Waals surface area contributed by atoms with Crippen LogP contribution in [0.3, 0.4) is 0 Å². The average molecular weight is 321 g/mol. The van der Waals surface area contributed by atoms with Gasteiger partial charge in [0.15, 0.2) is 6.61 Å². The van der Waals surface area contributed by atoms with E-state index in [4.69, 9.17) is 4.74 Å². The Balaban J connectivity index is 1.53. The first kappa shape index (κ1) is 15.5. The van der Waals surface area contributed by atoms with Gasteiger partial charge in [0.05, 0.1) is 5.56 Å². The normalized spacial score (nSPS) is 21.4. The molecular formula is C17H23NO3S. The van der Waals surface area contributed by atoms with Crippen molar-refractivity contribution in [3.05, 3.63) is 21.4 Å². The van der Waals surface area contributed by atoms with E-state index in [1.165, 1.54) is 17.7 Å². The number of hydrogen-bond donors (Lipinski definition) is 1. The van der Waals surface area contributed by atoms with E-state index >= 15 is 0 Å². The summed E-state index contributed by atoms with van der Waals surface area (Å²) < 4.78 is 5.21. The van der Waals surface area contributed by atoms with Gasteiger partial charge in [-0.1, -0.05) is 19.8 Å².